The molecule has 1 atom stereocenters. The highest BCUT2D eigenvalue weighted by Gasteiger charge is 2.32. The highest BCUT2D eigenvalue weighted by Crippen LogP contribution is 2.40. The molecule has 0 radical (unpaired) electrons. The van der Waals surface area contributed by atoms with Crippen molar-refractivity contribution in [3.63, 3.8) is 0 Å². The van der Waals surface area contributed by atoms with E-state index in [-0.39, 0.29) is 11.8 Å². The SMILES string of the molecule is CN(C)c1ccc([C@@H]2CC(=O)Nc3c2cnn3C2CCCCC2)cc1. The van der Waals surface area contributed by atoms with Gasteiger partial charge >= 0.3 is 0 Å². The molecule has 1 aliphatic heterocycles. The topological polar surface area (TPSA) is 50.2 Å². The van der Waals surface area contributed by atoms with Crippen LogP contribution in [-0.2, 0) is 4.79 Å². The molecule has 1 N–H and O–H groups in total. The molecule has 2 heterocycles. The molecule has 4 rings (SSSR count). The van der Waals surface area contributed by atoms with Gasteiger partial charge in [0.25, 0.3) is 0 Å². The maximum absolute atomic E-state index is 12.4. The molecule has 0 saturated heterocycles. The van der Waals surface area contributed by atoms with Crippen LogP contribution >= 0.6 is 0 Å². The van der Waals surface area contributed by atoms with E-state index >= 15 is 0 Å². The van der Waals surface area contributed by atoms with Crippen LogP contribution in [0.5, 0.6) is 0 Å². The van der Waals surface area contributed by atoms with E-state index in [2.05, 4.69) is 44.3 Å². The monoisotopic (exact) mass is 338 g/mol. The Kier molecular flexibility index (Phi) is 4.24. The highest BCUT2D eigenvalue weighted by molar-refractivity contribution is 5.94. The number of amides is 1. The predicted octanol–water partition coefficient (Wildman–Crippen LogP) is 3.93. The molecule has 132 valence electrons. The molecule has 5 heteroatoms. The summed E-state index contributed by atoms with van der Waals surface area (Å²) in [6.45, 7) is 0. The van der Waals surface area contributed by atoms with Crippen LogP contribution in [-0.4, -0.2) is 29.8 Å². The normalized spacial score (nSPS) is 20.9. The van der Waals surface area contributed by atoms with Crippen LogP contribution in [0.4, 0.5) is 11.5 Å². The van der Waals surface area contributed by atoms with Gasteiger partial charge in [-0.25, -0.2) is 4.68 Å². The highest BCUT2D eigenvalue weighted by atomic mass is 16.1. The Bertz CT molecular complexity index is 757. The van der Waals surface area contributed by atoms with E-state index in [0.29, 0.717) is 12.5 Å². The van der Waals surface area contributed by atoms with Gasteiger partial charge in [-0.15, -0.1) is 0 Å². The number of benzene rings is 1. The van der Waals surface area contributed by atoms with Crippen molar-refractivity contribution in [1.82, 2.24) is 9.78 Å². The van der Waals surface area contributed by atoms with Gasteiger partial charge in [-0.3, -0.25) is 4.79 Å². The third-order valence-electron chi connectivity index (χ3n) is 5.58. The Balaban J connectivity index is 1.67. The van der Waals surface area contributed by atoms with Crippen LogP contribution in [0.1, 0.15) is 61.6 Å². The summed E-state index contributed by atoms with van der Waals surface area (Å²) in [5.41, 5.74) is 3.51. The van der Waals surface area contributed by atoms with Gasteiger partial charge in [-0.2, -0.15) is 5.10 Å². The standard InChI is InChI=1S/C20H26N4O/c1-23(2)15-10-8-14(9-11-15)17-12-19(25)22-20-18(17)13-21-24(20)16-6-4-3-5-7-16/h8-11,13,16-17H,3-7,12H2,1-2H3,(H,22,25)/t17-/m0/s1. The van der Waals surface area contributed by atoms with E-state index in [0.717, 1.165) is 24.2 Å². The number of carbonyl (C=O) groups excluding carboxylic acids is 1. The van der Waals surface area contributed by atoms with Gasteiger partial charge in [-0.05, 0) is 30.5 Å². The van der Waals surface area contributed by atoms with Crippen LogP contribution < -0.4 is 10.2 Å². The lowest BCUT2D eigenvalue weighted by Gasteiger charge is -2.28. The Morgan fingerprint density at radius 3 is 2.52 bits per heavy atom. The summed E-state index contributed by atoms with van der Waals surface area (Å²) in [4.78, 5) is 14.4. The Labute approximate surface area is 149 Å². The molecule has 1 aromatic carbocycles. The first-order valence-corrected chi connectivity index (χ1v) is 9.28. The maximum Gasteiger partial charge on any atom is 0.226 e. The average Bonchev–Trinajstić information content (AvgIpc) is 3.05. The number of rotatable bonds is 3. The number of nitrogens with zero attached hydrogens (tertiary/aromatic N) is 3. The molecule has 1 aromatic heterocycles. The van der Waals surface area contributed by atoms with Crippen molar-refractivity contribution in [3.8, 4) is 0 Å². The van der Waals surface area contributed by atoms with E-state index in [1.54, 1.807) is 0 Å². The lowest BCUT2D eigenvalue weighted by atomic mass is 9.87. The summed E-state index contributed by atoms with van der Waals surface area (Å²) in [6.07, 6.45) is 8.59. The third-order valence-corrected chi connectivity index (χ3v) is 5.58. The van der Waals surface area contributed by atoms with Crippen molar-refractivity contribution in [2.24, 2.45) is 0 Å². The van der Waals surface area contributed by atoms with Crippen LogP contribution in [0.25, 0.3) is 0 Å². The molecule has 2 aliphatic rings. The Morgan fingerprint density at radius 2 is 1.84 bits per heavy atom. The number of hydrogen-bond acceptors (Lipinski definition) is 3. The van der Waals surface area contributed by atoms with Crippen molar-refractivity contribution in [2.45, 2.75) is 50.5 Å². The first kappa shape index (κ1) is 16.2. The summed E-state index contributed by atoms with van der Waals surface area (Å²) in [5, 5.41) is 7.76. The number of fused-ring (bicyclic) bond motifs is 1. The largest absolute Gasteiger partial charge is 0.378 e. The minimum Gasteiger partial charge on any atom is -0.378 e. The summed E-state index contributed by atoms with van der Waals surface area (Å²) >= 11 is 0. The van der Waals surface area contributed by atoms with Gasteiger partial charge < -0.3 is 10.2 Å². The Morgan fingerprint density at radius 1 is 1.12 bits per heavy atom. The van der Waals surface area contributed by atoms with Crippen LogP contribution in [0, 0.1) is 0 Å². The molecule has 0 spiro atoms. The summed E-state index contributed by atoms with van der Waals surface area (Å²) in [6, 6.07) is 8.94. The second-order valence-electron chi connectivity index (χ2n) is 7.48. The predicted molar refractivity (Wildman–Crippen MR) is 100 cm³/mol. The fourth-order valence-corrected chi connectivity index (χ4v) is 4.14. The smallest absolute Gasteiger partial charge is 0.226 e. The van der Waals surface area contributed by atoms with Gasteiger partial charge in [0.05, 0.1) is 12.2 Å². The second kappa shape index (κ2) is 6.54. The molecule has 1 amide bonds. The average molecular weight is 338 g/mol. The molecule has 0 bridgehead atoms. The van der Waals surface area contributed by atoms with Crippen molar-refractivity contribution in [2.75, 3.05) is 24.3 Å². The molecule has 5 nitrogen and oxygen atoms in total. The lowest BCUT2D eigenvalue weighted by molar-refractivity contribution is -0.116. The fourth-order valence-electron chi connectivity index (χ4n) is 4.14. The molecular weight excluding hydrogens is 312 g/mol. The summed E-state index contributed by atoms with van der Waals surface area (Å²) in [7, 11) is 4.07. The molecular formula is C20H26N4O. The first-order valence-electron chi connectivity index (χ1n) is 9.28. The summed E-state index contributed by atoms with van der Waals surface area (Å²) < 4.78 is 2.08. The number of aromatic nitrogens is 2. The van der Waals surface area contributed by atoms with Crippen molar-refractivity contribution < 1.29 is 4.79 Å². The van der Waals surface area contributed by atoms with Crippen LogP contribution in [0.2, 0.25) is 0 Å². The van der Waals surface area contributed by atoms with E-state index in [1.807, 2.05) is 20.3 Å². The van der Waals surface area contributed by atoms with Gasteiger partial charge in [-0.1, -0.05) is 31.4 Å². The van der Waals surface area contributed by atoms with Crippen LogP contribution in [0.3, 0.4) is 0 Å². The molecule has 25 heavy (non-hydrogen) atoms. The fraction of sp³-hybridized carbons (Fsp3) is 0.500. The van der Waals surface area contributed by atoms with Gasteiger partial charge in [0.1, 0.15) is 5.82 Å². The second-order valence-corrected chi connectivity index (χ2v) is 7.48. The zero-order valence-corrected chi connectivity index (χ0v) is 15.0. The minimum atomic E-state index is 0.0896. The van der Waals surface area contributed by atoms with Crippen molar-refractivity contribution in [1.29, 1.82) is 0 Å². The number of nitrogens with one attached hydrogen (secondary N) is 1. The zero-order valence-electron chi connectivity index (χ0n) is 15.0. The zero-order chi connectivity index (χ0) is 17.4. The molecule has 0 unspecified atom stereocenters. The lowest BCUT2D eigenvalue weighted by Crippen LogP contribution is -2.26. The quantitative estimate of drug-likeness (QED) is 0.922. The number of hydrogen-bond donors (Lipinski definition) is 1. The maximum atomic E-state index is 12.4. The molecule has 2 aromatic rings. The molecule has 1 aliphatic carbocycles. The van der Waals surface area contributed by atoms with Crippen molar-refractivity contribution in [3.05, 3.63) is 41.6 Å². The van der Waals surface area contributed by atoms with E-state index in [4.69, 9.17) is 0 Å². The van der Waals surface area contributed by atoms with Crippen LogP contribution in [0.15, 0.2) is 30.5 Å². The molecule has 1 fully saturated rings. The minimum absolute atomic E-state index is 0.0896. The summed E-state index contributed by atoms with van der Waals surface area (Å²) in [5.74, 6) is 1.11. The van der Waals surface area contributed by atoms with Gasteiger partial charge in [0, 0.05) is 37.7 Å². The van der Waals surface area contributed by atoms with E-state index in [1.165, 1.54) is 30.5 Å². The third kappa shape index (κ3) is 3.03. The molecule has 1 saturated carbocycles. The first-order chi connectivity index (χ1) is 12.1. The Hall–Kier alpha value is -2.30. The van der Waals surface area contributed by atoms with E-state index in [9.17, 15) is 4.79 Å². The van der Waals surface area contributed by atoms with Crippen molar-refractivity contribution >= 4 is 17.4 Å². The van der Waals surface area contributed by atoms with Gasteiger partial charge in [0.2, 0.25) is 5.91 Å². The number of anilines is 2. The number of carbonyl (C=O) groups is 1. The van der Waals surface area contributed by atoms with Gasteiger partial charge in [0.15, 0.2) is 0 Å². The van der Waals surface area contributed by atoms with E-state index < -0.39 is 0 Å².